The number of aromatic nitrogens is 3. The second-order valence-corrected chi connectivity index (χ2v) is 25.0. The van der Waals surface area contributed by atoms with Gasteiger partial charge < -0.3 is 34.3 Å². The largest absolute Gasteiger partial charge is 0.466 e. The Morgan fingerprint density at radius 1 is 0.611 bits per heavy atom. The molecule has 8 rings (SSSR count). The van der Waals surface area contributed by atoms with Gasteiger partial charge in [0.25, 0.3) is 0 Å². The number of nitrogens with zero attached hydrogens (tertiary/aromatic N) is 3. The van der Waals surface area contributed by atoms with Crippen LogP contribution in [0.3, 0.4) is 0 Å². The van der Waals surface area contributed by atoms with Crippen molar-refractivity contribution in [3.05, 3.63) is 133 Å². The van der Waals surface area contributed by atoms with E-state index in [9.17, 15) is 14.4 Å². The van der Waals surface area contributed by atoms with Crippen LogP contribution in [0.2, 0.25) is 0 Å². The van der Waals surface area contributed by atoms with Crippen LogP contribution in [0.1, 0.15) is 141 Å². The molecule has 0 aliphatic heterocycles. The predicted molar refractivity (Wildman–Crippen MR) is 275 cm³/mol. The standard InChI is InChI=1S/C56H73N6O10.3H2/c1-51(2)23-39(57-45(63)44-22-38(44)21-37-15-11-10-12-16-37)26-54(7,31-51)34-60-48(66)61(35-55(8)27-40(24-52(3,4)32-55)58-46(64)71-29-42-17-13-19-69-42)50(68)62(49(60)67)36-56(9)28-41(25-53(5,6)33-56)59-47(65)72-30-43-18-14-20-70-43;;;/h10-11,13-15,17-20,22,39-41H,21,23-36H2,1-9H3,(H,57,63)(H,58,64)(H,59,65);3*1H. The molecule has 4 aromatic rings. The van der Waals surface area contributed by atoms with Crippen molar-refractivity contribution in [2.75, 3.05) is 0 Å². The number of carbonyl (C=O) groups is 3. The Labute approximate surface area is 426 Å². The van der Waals surface area contributed by atoms with Crippen LogP contribution in [0, 0.1) is 51.0 Å². The lowest BCUT2D eigenvalue weighted by molar-refractivity contribution is -0.118. The number of alkyl carbamates (subject to hydrolysis) is 2. The first-order valence-electron chi connectivity index (χ1n) is 25.4. The number of carbonyl (C=O) groups excluding carboxylic acids is 3. The lowest BCUT2D eigenvalue weighted by Crippen LogP contribution is -2.60. The number of allylic oxidation sites excluding steroid dienone is 1. The lowest BCUT2D eigenvalue weighted by Gasteiger charge is -2.48. The van der Waals surface area contributed by atoms with Crippen LogP contribution in [0.5, 0.6) is 0 Å². The van der Waals surface area contributed by atoms with E-state index in [0.717, 1.165) is 11.1 Å². The van der Waals surface area contributed by atoms with E-state index in [2.05, 4.69) is 76.5 Å². The van der Waals surface area contributed by atoms with Gasteiger partial charge >= 0.3 is 29.3 Å². The molecule has 1 radical (unpaired) electrons. The third-order valence-corrected chi connectivity index (χ3v) is 15.1. The van der Waals surface area contributed by atoms with Gasteiger partial charge in [0.05, 0.1) is 12.5 Å². The van der Waals surface area contributed by atoms with Gasteiger partial charge in [-0.3, -0.25) is 4.79 Å². The van der Waals surface area contributed by atoms with E-state index < -0.39 is 45.5 Å². The fraction of sp³-hybridized carbons (Fsp3) is 0.589. The molecule has 0 bridgehead atoms. The predicted octanol–water partition coefficient (Wildman–Crippen LogP) is 9.18. The highest BCUT2D eigenvalue weighted by Gasteiger charge is 2.47. The number of nitrogens with one attached hydrogen (secondary N) is 3. The highest BCUT2D eigenvalue weighted by atomic mass is 16.6. The molecule has 4 aliphatic rings. The molecule has 3 saturated carbocycles. The molecule has 3 aromatic heterocycles. The average Bonchev–Trinajstić information content (AvgIpc) is 3.56. The van der Waals surface area contributed by atoms with Gasteiger partial charge in [0.1, 0.15) is 11.5 Å². The summed E-state index contributed by atoms with van der Waals surface area (Å²) in [6.45, 7) is 18.8. The van der Waals surface area contributed by atoms with Crippen LogP contribution < -0.4 is 33.0 Å². The van der Waals surface area contributed by atoms with Crippen molar-refractivity contribution in [3.8, 4) is 0 Å². The molecule has 16 nitrogen and oxygen atoms in total. The highest BCUT2D eigenvalue weighted by Crippen LogP contribution is 2.49. The summed E-state index contributed by atoms with van der Waals surface area (Å²) in [4.78, 5) is 85.5. The topological polar surface area (TPSA) is 198 Å². The summed E-state index contributed by atoms with van der Waals surface area (Å²) < 4.78 is 25.4. The minimum absolute atomic E-state index is 0. The maximum absolute atomic E-state index is 15.2. The summed E-state index contributed by atoms with van der Waals surface area (Å²) >= 11 is 0. The summed E-state index contributed by atoms with van der Waals surface area (Å²) in [6, 6.07) is 17.7. The average molecular weight is 996 g/mol. The van der Waals surface area contributed by atoms with Gasteiger partial charge in [-0.2, -0.15) is 0 Å². The van der Waals surface area contributed by atoms with E-state index in [4.69, 9.17) is 18.3 Å². The maximum atomic E-state index is 15.2. The first-order valence-corrected chi connectivity index (χ1v) is 25.4. The van der Waals surface area contributed by atoms with Crippen LogP contribution in [-0.4, -0.2) is 49.9 Å². The van der Waals surface area contributed by atoms with E-state index in [1.807, 2.05) is 32.4 Å². The summed E-state index contributed by atoms with van der Waals surface area (Å²) in [7, 11) is 0. The molecule has 3 heterocycles. The Morgan fingerprint density at radius 3 is 1.40 bits per heavy atom. The molecule has 393 valence electrons. The molecule has 1 aromatic carbocycles. The zero-order chi connectivity index (χ0) is 51.9. The Morgan fingerprint density at radius 2 is 1.03 bits per heavy atom. The number of rotatable bonds is 16. The van der Waals surface area contributed by atoms with Gasteiger partial charge in [-0.25, -0.2) is 37.7 Å². The van der Waals surface area contributed by atoms with Crippen molar-refractivity contribution < 1.29 is 37.0 Å². The molecule has 3 N–H and O–H groups in total. The van der Waals surface area contributed by atoms with E-state index >= 15 is 14.4 Å². The first kappa shape index (κ1) is 52.1. The molecule has 3 amide bonds. The molecule has 16 heteroatoms. The number of amides is 3. The second kappa shape index (κ2) is 20.0. The summed E-state index contributed by atoms with van der Waals surface area (Å²) in [6.07, 6.45) is 9.62. The molecule has 4 aliphatic carbocycles. The third-order valence-electron chi connectivity index (χ3n) is 15.1. The molecule has 6 unspecified atom stereocenters. The van der Waals surface area contributed by atoms with E-state index in [1.54, 1.807) is 30.3 Å². The number of furan rings is 2. The van der Waals surface area contributed by atoms with E-state index in [0.29, 0.717) is 81.3 Å². The molecule has 0 spiro atoms. The van der Waals surface area contributed by atoms with Crippen LogP contribution >= 0.6 is 0 Å². The van der Waals surface area contributed by atoms with Crippen molar-refractivity contribution in [2.45, 2.75) is 177 Å². The van der Waals surface area contributed by atoms with Crippen LogP contribution in [0.25, 0.3) is 0 Å². The van der Waals surface area contributed by atoms with Gasteiger partial charge in [0, 0.05) is 66.0 Å². The summed E-state index contributed by atoms with van der Waals surface area (Å²) in [5, 5.41) is 9.37. The molecule has 6 atom stereocenters. The zero-order valence-electron chi connectivity index (χ0n) is 43.5. The van der Waals surface area contributed by atoms with Crippen molar-refractivity contribution >= 4 is 18.1 Å². The molecular weight excluding hydrogens is 917 g/mol. The number of hydrogen-bond donors (Lipinski definition) is 3. The normalized spacial score (nSPS) is 27.3. The minimum Gasteiger partial charge on any atom is -0.466 e. The third kappa shape index (κ3) is 13.0. The van der Waals surface area contributed by atoms with Gasteiger partial charge in [-0.1, -0.05) is 80.5 Å². The van der Waals surface area contributed by atoms with Crippen molar-refractivity contribution in [1.82, 2.24) is 29.7 Å². The zero-order valence-corrected chi connectivity index (χ0v) is 43.5. The molecule has 3 fully saturated rings. The Hall–Kier alpha value is -6.24. The fourth-order valence-corrected chi connectivity index (χ4v) is 13.7. The van der Waals surface area contributed by atoms with Crippen molar-refractivity contribution in [1.29, 1.82) is 0 Å². The first-order chi connectivity index (χ1) is 33.8. The van der Waals surface area contributed by atoms with Crippen LogP contribution in [0.15, 0.2) is 89.4 Å². The van der Waals surface area contributed by atoms with Crippen molar-refractivity contribution in [3.63, 3.8) is 0 Å². The van der Waals surface area contributed by atoms with Crippen LogP contribution in [-0.2, 0) is 53.5 Å². The van der Waals surface area contributed by atoms with Crippen molar-refractivity contribution in [2.24, 2.45) is 32.5 Å². The lowest BCUT2D eigenvalue weighted by atomic mass is 9.62. The van der Waals surface area contributed by atoms with Gasteiger partial charge in [0.2, 0.25) is 5.91 Å². The maximum Gasteiger partial charge on any atom is 0.407 e. The summed E-state index contributed by atoms with van der Waals surface area (Å²) in [5.41, 5.74) is -2.40. The Kier molecular flexibility index (Phi) is 14.5. The smallest absolute Gasteiger partial charge is 0.407 e. The van der Waals surface area contributed by atoms with E-state index in [1.165, 1.54) is 26.2 Å². The van der Waals surface area contributed by atoms with E-state index in [-0.39, 0.29) is 77.4 Å². The number of ether oxygens (including phenoxy) is 2. The molecular formula is C56H79N6O10. The molecule has 72 heavy (non-hydrogen) atoms. The molecule has 0 saturated heterocycles. The minimum atomic E-state index is -0.699. The SMILES string of the molecule is CC1(C)CC(NC(=O)OCc2ccco2)CC(C)(Cn2c(=O)n(CC3(C)CC(NC(=O)OCc4ccco4)CC(C)(C)C3)c(=O)n(CC3(C)CC(NC(=O)C4=C(Cc5c#cccc5)[CH]4)CC(C)(C)C3)c2=O)C1.[HH].[HH].[HH]. The monoisotopic (exact) mass is 996 g/mol. The second-order valence-electron chi connectivity index (χ2n) is 25.0. The quantitative estimate of drug-likeness (QED) is 0.0973. The Balaban J connectivity index is 0.00000347. The number of hydrogen-bond acceptors (Lipinski definition) is 10. The highest BCUT2D eigenvalue weighted by molar-refractivity contribution is 6.03. The summed E-state index contributed by atoms with van der Waals surface area (Å²) in [5.74, 6) is 0.877. The van der Waals surface area contributed by atoms with Crippen LogP contribution in [0.4, 0.5) is 9.59 Å². The van der Waals surface area contributed by atoms with Gasteiger partial charge in [-0.15, -0.1) is 0 Å². The van der Waals surface area contributed by atoms with Gasteiger partial charge in [0.15, 0.2) is 13.2 Å². The van der Waals surface area contributed by atoms with Gasteiger partial charge in [-0.05, 0) is 132 Å². The Bertz CT molecular complexity index is 2710. The fourth-order valence-electron chi connectivity index (χ4n) is 13.7.